The van der Waals surface area contributed by atoms with Crippen LogP contribution in [0.4, 0.5) is 5.69 Å². The third-order valence-corrected chi connectivity index (χ3v) is 6.49. The van der Waals surface area contributed by atoms with Gasteiger partial charge >= 0.3 is 5.97 Å². The average Bonchev–Trinajstić information content (AvgIpc) is 2.98. The standard InChI is InChI=1S/C27H33ClN2O8.Ac/c1-15(26(34)35)29-22(32)12-21-25(33)30(13-27(2,3)14-31)19-10-9-16(28)11-18(19)23(38-21)17-7-6-8-20(36-4)24(17)37-5;/h6-11,15,21,23,31H,12-14H2,1-5H3,(H,29,32)(H,34,35);/t15-,21-,23-;/m1./s1. The number of rotatable bonds is 10. The Labute approximate surface area is 268 Å². The third kappa shape index (κ3) is 7.86. The molecule has 0 saturated carbocycles. The van der Waals surface area contributed by atoms with Crippen LogP contribution < -0.4 is 19.7 Å². The van der Waals surface area contributed by atoms with Crippen molar-refractivity contribution in [3.05, 3.63) is 52.5 Å². The number of halogens is 1. The zero-order chi connectivity index (χ0) is 28.2. The number of aliphatic hydroxyl groups excluding tert-OH is 1. The van der Waals surface area contributed by atoms with E-state index in [2.05, 4.69) is 5.32 Å². The molecule has 0 spiro atoms. The molecule has 0 unspecified atom stereocenters. The predicted octanol–water partition coefficient (Wildman–Crippen LogP) is 3.18. The number of ether oxygens (including phenoxy) is 3. The first kappa shape index (κ1) is 33.3. The van der Waals surface area contributed by atoms with Crippen LogP contribution in [0, 0.1) is 49.5 Å². The first-order valence-electron chi connectivity index (χ1n) is 12.0. The van der Waals surface area contributed by atoms with Crippen molar-refractivity contribution in [1.29, 1.82) is 0 Å². The maximum atomic E-state index is 13.9. The molecule has 0 bridgehead atoms. The number of carbonyl (C=O) groups excluding carboxylic acids is 2. The van der Waals surface area contributed by atoms with Crippen molar-refractivity contribution in [1.82, 2.24) is 5.32 Å². The number of carboxylic acid groups (broad SMARTS) is 1. The number of carbonyl (C=O) groups is 3. The van der Waals surface area contributed by atoms with E-state index in [4.69, 9.17) is 25.8 Å². The molecular formula is C27H33AcClN2O8. The molecule has 39 heavy (non-hydrogen) atoms. The fourth-order valence-corrected chi connectivity index (χ4v) is 4.42. The Balaban J connectivity index is 0.00000533. The van der Waals surface area contributed by atoms with Gasteiger partial charge in [0, 0.05) is 84.5 Å². The number of benzene rings is 2. The molecule has 0 saturated heterocycles. The number of nitrogens with one attached hydrogen (secondary N) is 1. The van der Waals surface area contributed by atoms with Crippen molar-refractivity contribution >= 4 is 35.1 Å². The molecule has 0 aliphatic carbocycles. The summed E-state index contributed by atoms with van der Waals surface area (Å²) in [5.41, 5.74) is 0.895. The number of methoxy groups -OCH3 is 2. The van der Waals surface area contributed by atoms with Crippen molar-refractivity contribution in [3.8, 4) is 11.5 Å². The summed E-state index contributed by atoms with van der Waals surface area (Å²) in [5, 5.41) is 21.9. The van der Waals surface area contributed by atoms with Gasteiger partial charge in [0.15, 0.2) is 11.5 Å². The summed E-state index contributed by atoms with van der Waals surface area (Å²) in [6, 6.07) is 9.10. The summed E-state index contributed by atoms with van der Waals surface area (Å²) >= 11 is 6.39. The fraction of sp³-hybridized carbons (Fsp3) is 0.444. The summed E-state index contributed by atoms with van der Waals surface area (Å²) in [7, 11) is 2.98. The van der Waals surface area contributed by atoms with Crippen molar-refractivity contribution in [2.75, 3.05) is 32.3 Å². The Morgan fingerprint density at radius 2 is 1.87 bits per heavy atom. The first-order chi connectivity index (χ1) is 17.9. The van der Waals surface area contributed by atoms with E-state index >= 15 is 0 Å². The van der Waals surface area contributed by atoms with Crippen LogP contribution in [-0.2, 0) is 19.1 Å². The Kier molecular flexibility index (Phi) is 12.1. The van der Waals surface area contributed by atoms with E-state index in [1.807, 2.05) is 0 Å². The average molecular weight is 776 g/mol. The van der Waals surface area contributed by atoms with Gasteiger partial charge in [-0.25, -0.2) is 0 Å². The molecule has 2 aromatic rings. The van der Waals surface area contributed by atoms with E-state index in [9.17, 15) is 24.6 Å². The Morgan fingerprint density at radius 3 is 2.46 bits per heavy atom. The molecule has 1 aliphatic rings. The molecule has 10 nitrogen and oxygen atoms in total. The fourth-order valence-electron chi connectivity index (χ4n) is 4.24. The van der Waals surface area contributed by atoms with Gasteiger partial charge in [0.05, 0.1) is 20.6 Å². The van der Waals surface area contributed by atoms with Crippen LogP contribution in [0.3, 0.4) is 0 Å². The maximum Gasteiger partial charge on any atom is 0.325 e. The van der Waals surface area contributed by atoms with Gasteiger partial charge in [0.2, 0.25) is 5.91 Å². The second-order valence-electron chi connectivity index (χ2n) is 9.87. The third-order valence-electron chi connectivity index (χ3n) is 6.25. The summed E-state index contributed by atoms with van der Waals surface area (Å²) in [5.74, 6) is -1.57. The Hall–Kier alpha value is -1.90. The van der Waals surface area contributed by atoms with Gasteiger partial charge in [-0.2, -0.15) is 0 Å². The molecule has 3 atom stereocenters. The van der Waals surface area contributed by atoms with Gasteiger partial charge in [-0.3, -0.25) is 14.4 Å². The topological polar surface area (TPSA) is 135 Å². The minimum Gasteiger partial charge on any atom is -0.493 e. The maximum absolute atomic E-state index is 13.9. The molecule has 2 aromatic carbocycles. The van der Waals surface area contributed by atoms with Crippen molar-refractivity contribution in [2.45, 2.75) is 45.4 Å². The number of anilines is 1. The molecule has 0 aromatic heterocycles. The van der Waals surface area contributed by atoms with Gasteiger partial charge in [0.25, 0.3) is 5.91 Å². The molecule has 12 heteroatoms. The van der Waals surface area contributed by atoms with Crippen molar-refractivity contribution in [2.24, 2.45) is 5.41 Å². The van der Waals surface area contributed by atoms with Crippen LogP contribution in [0.1, 0.15) is 44.4 Å². The van der Waals surface area contributed by atoms with Gasteiger partial charge in [-0.1, -0.05) is 37.6 Å². The summed E-state index contributed by atoms with van der Waals surface area (Å²) in [6.07, 6.45) is -2.64. The number of carboxylic acids is 1. The predicted molar refractivity (Wildman–Crippen MR) is 141 cm³/mol. The number of fused-ring (bicyclic) bond motifs is 1. The zero-order valence-electron chi connectivity index (χ0n) is 22.6. The quantitative estimate of drug-likeness (QED) is 0.336. The van der Waals surface area contributed by atoms with Crippen molar-refractivity contribution in [3.63, 3.8) is 0 Å². The number of hydrogen-bond donors (Lipinski definition) is 3. The summed E-state index contributed by atoms with van der Waals surface area (Å²) in [4.78, 5) is 39.5. The Morgan fingerprint density at radius 1 is 1.18 bits per heavy atom. The molecule has 2 amide bonds. The van der Waals surface area contributed by atoms with Crippen molar-refractivity contribution < 1.29 is 82.9 Å². The van der Waals surface area contributed by atoms with E-state index in [0.29, 0.717) is 33.3 Å². The Bertz CT molecular complexity index is 1210. The molecule has 1 radical (unpaired) electrons. The van der Waals surface area contributed by atoms with Gasteiger partial charge in [-0.05, 0) is 31.2 Å². The summed E-state index contributed by atoms with van der Waals surface area (Å²) in [6.45, 7) is 4.86. The number of aliphatic hydroxyl groups is 1. The van der Waals surface area contributed by atoms with E-state index in [-0.39, 0.29) is 57.2 Å². The van der Waals surface area contributed by atoms with E-state index in [0.717, 1.165) is 0 Å². The number of para-hydroxylation sites is 1. The smallest absolute Gasteiger partial charge is 0.325 e. The molecule has 3 rings (SSSR count). The van der Waals surface area contributed by atoms with Gasteiger partial charge < -0.3 is 34.6 Å². The minimum atomic E-state index is -1.29. The van der Waals surface area contributed by atoms with Crippen LogP contribution in [0.25, 0.3) is 0 Å². The van der Waals surface area contributed by atoms with Gasteiger partial charge in [-0.15, -0.1) is 0 Å². The number of amides is 2. The molecule has 1 aliphatic heterocycles. The zero-order valence-corrected chi connectivity index (χ0v) is 28.1. The van der Waals surface area contributed by atoms with Crippen LogP contribution in [0.15, 0.2) is 36.4 Å². The number of nitrogens with zero attached hydrogens (tertiary/aromatic N) is 1. The largest absolute Gasteiger partial charge is 0.493 e. The first-order valence-corrected chi connectivity index (χ1v) is 12.4. The van der Waals surface area contributed by atoms with Crippen LogP contribution >= 0.6 is 11.6 Å². The van der Waals surface area contributed by atoms with Crippen LogP contribution in [0.5, 0.6) is 11.5 Å². The van der Waals surface area contributed by atoms with Gasteiger partial charge in [0.1, 0.15) is 18.2 Å². The second kappa shape index (κ2) is 14.1. The molecule has 1 heterocycles. The van der Waals surface area contributed by atoms with E-state index < -0.39 is 47.9 Å². The monoisotopic (exact) mass is 775 g/mol. The van der Waals surface area contributed by atoms with E-state index in [1.165, 1.54) is 26.0 Å². The molecule has 0 fully saturated rings. The molecule has 3 N–H and O–H groups in total. The summed E-state index contributed by atoms with van der Waals surface area (Å²) < 4.78 is 17.5. The minimum absolute atomic E-state index is 0. The van der Waals surface area contributed by atoms with Crippen LogP contribution in [0.2, 0.25) is 5.02 Å². The molecular weight excluding hydrogens is 743 g/mol. The van der Waals surface area contributed by atoms with Crippen LogP contribution in [-0.4, -0.2) is 67.5 Å². The van der Waals surface area contributed by atoms with E-state index in [1.54, 1.807) is 50.2 Å². The second-order valence-corrected chi connectivity index (χ2v) is 10.3. The normalized spacial score (nSPS) is 17.8. The molecule has 209 valence electrons. The SMILES string of the molecule is COc1cccc([C@H]2O[C@H](CC(=O)N[C@H](C)C(=O)O)C(=O)N(CC(C)(C)CO)c3ccc(Cl)cc32)c1OC.[Ac]. The number of aliphatic carboxylic acids is 1. The number of hydrogen-bond acceptors (Lipinski definition) is 7.